The van der Waals surface area contributed by atoms with Crippen molar-refractivity contribution in [3.8, 4) is 17.2 Å². The molecule has 122 valence electrons. The summed E-state index contributed by atoms with van der Waals surface area (Å²) in [5.74, 6) is 2.00. The maximum Gasteiger partial charge on any atom is 0.127 e. The van der Waals surface area contributed by atoms with Gasteiger partial charge in [-0.25, -0.2) is 0 Å². The van der Waals surface area contributed by atoms with Crippen LogP contribution in [-0.4, -0.2) is 11.7 Å². The van der Waals surface area contributed by atoms with Gasteiger partial charge in [-0.05, 0) is 60.5 Å². The molecule has 0 spiro atoms. The monoisotopic (exact) mass is 319 g/mol. The molecule has 0 saturated carbocycles. The van der Waals surface area contributed by atoms with Gasteiger partial charge in [0.1, 0.15) is 17.2 Å². The van der Waals surface area contributed by atoms with Crippen LogP contribution in [0, 0.1) is 0 Å². The van der Waals surface area contributed by atoms with Crippen molar-refractivity contribution >= 4 is 0 Å². The van der Waals surface area contributed by atoms with Gasteiger partial charge in [0.05, 0.1) is 0 Å². The molecule has 0 aliphatic heterocycles. The minimum absolute atomic E-state index is 0.307. The van der Waals surface area contributed by atoms with Crippen molar-refractivity contribution in [3.63, 3.8) is 0 Å². The van der Waals surface area contributed by atoms with Gasteiger partial charge < -0.3 is 15.2 Å². The van der Waals surface area contributed by atoms with Crippen molar-refractivity contribution < 1.29 is 9.84 Å². The van der Waals surface area contributed by atoms with Crippen LogP contribution in [0.15, 0.2) is 78.9 Å². The molecule has 3 aromatic carbocycles. The fraction of sp³-hybridized carbons (Fsp3) is 0.143. The lowest BCUT2D eigenvalue weighted by Gasteiger charge is -2.09. The van der Waals surface area contributed by atoms with Crippen molar-refractivity contribution in [2.75, 3.05) is 6.54 Å². The zero-order valence-corrected chi connectivity index (χ0v) is 13.5. The standard InChI is InChI=1S/C21H21NO2/c23-19-11-9-17(10-12-19)13-14-22-16-18-5-4-8-21(15-18)24-20-6-2-1-3-7-20/h1-12,15,22-23H,13-14,16H2. The van der Waals surface area contributed by atoms with Crippen LogP contribution < -0.4 is 10.1 Å². The van der Waals surface area contributed by atoms with Crippen molar-refractivity contribution in [3.05, 3.63) is 90.0 Å². The van der Waals surface area contributed by atoms with E-state index >= 15 is 0 Å². The highest BCUT2D eigenvalue weighted by Gasteiger charge is 1.99. The van der Waals surface area contributed by atoms with Gasteiger partial charge in [0, 0.05) is 6.54 Å². The van der Waals surface area contributed by atoms with Gasteiger partial charge in [-0.3, -0.25) is 0 Å². The molecule has 0 aromatic heterocycles. The molecule has 0 aliphatic carbocycles. The maximum atomic E-state index is 9.28. The molecule has 0 fully saturated rings. The van der Waals surface area contributed by atoms with Gasteiger partial charge in [0.2, 0.25) is 0 Å². The predicted octanol–water partition coefficient (Wildman–Crippen LogP) is 4.52. The Balaban J connectivity index is 1.48. The number of phenols is 1. The molecule has 0 bridgehead atoms. The first-order valence-corrected chi connectivity index (χ1v) is 8.10. The summed E-state index contributed by atoms with van der Waals surface area (Å²) in [7, 11) is 0. The van der Waals surface area contributed by atoms with Crippen molar-refractivity contribution in [1.82, 2.24) is 5.32 Å². The van der Waals surface area contributed by atoms with Crippen molar-refractivity contribution in [2.24, 2.45) is 0 Å². The van der Waals surface area contributed by atoms with Crippen molar-refractivity contribution in [2.45, 2.75) is 13.0 Å². The third kappa shape index (κ3) is 4.86. The Kier molecular flexibility index (Phi) is 5.48. The van der Waals surface area contributed by atoms with E-state index in [9.17, 15) is 5.11 Å². The number of nitrogens with one attached hydrogen (secondary N) is 1. The van der Waals surface area contributed by atoms with Crippen LogP contribution in [0.4, 0.5) is 0 Å². The summed E-state index contributed by atoms with van der Waals surface area (Å²) < 4.78 is 5.85. The number of para-hydroxylation sites is 1. The van der Waals surface area contributed by atoms with Crippen LogP contribution in [0.2, 0.25) is 0 Å². The Hall–Kier alpha value is -2.78. The zero-order valence-electron chi connectivity index (χ0n) is 13.5. The van der Waals surface area contributed by atoms with E-state index in [-0.39, 0.29) is 0 Å². The smallest absolute Gasteiger partial charge is 0.127 e. The van der Waals surface area contributed by atoms with E-state index in [1.807, 2.05) is 54.6 Å². The first-order chi connectivity index (χ1) is 11.8. The quantitative estimate of drug-likeness (QED) is 0.629. The lowest BCUT2D eigenvalue weighted by Crippen LogP contribution is -2.16. The number of phenolic OH excluding ortho intramolecular Hbond substituents is 1. The van der Waals surface area contributed by atoms with Gasteiger partial charge in [0.25, 0.3) is 0 Å². The topological polar surface area (TPSA) is 41.5 Å². The average Bonchev–Trinajstić information content (AvgIpc) is 2.61. The molecule has 2 N–H and O–H groups in total. The minimum Gasteiger partial charge on any atom is -0.508 e. The fourth-order valence-corrected chi connectivity index (χ4v) is 2.47. The first kappa shape index (κ1) is 16.1. The van der Waals surface area contributed by atoms with Gasteiger partial charge in [-0.2, -0.15) is 0 Å². The van der Waals surface area contributed by atoms with Gasteiger partial charge in [0.15, 0.2) is 0 Å². The van der Waals surface area contributed by atoms with Crippen LogP contribution in [0.5, 0.6) is 17.2 Å². The summed E-state index contributed by atoms with van der Waals surface area (Å²) in [6.07, 6.45) is 0.931. The molecule has 0 unspecified atom stereocenters. The molecule has 0 atom stereocenters. The molecule has 0 heterocycles. The summed E-state index contributed by atoms with van der Waals surface area (Å²) in [6.45, 7) is 1.68. The van der Waals surface area contributed by atoms with Gasteiger partial charge >= 0.3 is 0 Å². The molecule has 3 rings (SSSR count). The van der Waals surface area contributed by atoms with Gasteiger partial charge in [-0.15, -0.1) is 0 Å². The molecular weight excluding hydrogens is 298 g/mol. The largest absolute Gasteiger partial charge is 0.508 e. The Morgan fingerprint density at radius 1 is 0.750 bits per heavy atom. The fourth-order valence-electron chi connectivity index (χ4n) is 2.47. The van der Waals surface area contributed by atoms with E-state index in [0.29, 0.717) is 5.75 Å². The lowest BCUT2D eigenvalue weighted by atomic mass is 10.1. The SMILES string of the molecule is Oc1ccc(CCNCc2cccc(Oc3ccccc3)c2)cc1. The first-order valence-electron chi connectivity index (χ1n) is 8.10. The number of rotatable bonds is 7. The second-order valence-corrected chi connectivity index (χ2v) is 5.66. The van der Waals surface area contributed by atoms with E-state index in [0.717, 1.165) is 31.0 Å². The summed E-state index contributed by atoms with van der Waals surface area (Å²) >= 11 is 0. The molecule has 24 heavy (non-hydrogen) atoms. The Labute approximate surface area is 142 Å². The van der Waals surface area contributed by atoms with Crippen LogP contribution in [-0.2, 0) is 13.0 Å². The summed E-state index contributed by atoms with van der Waals surface area (Å²) in [5.41, 5.74) is 2.40. The number of ether oxygens (including phenoxy) is 1. The van der Waals surface area contributed by atoms with Gasteiger partial charge in [-0.1, -0.05) is 42.5 Å². The van der Waals surface area contributed by atoms with E-state index in [1.165, 1.54) is 11.1 Å². The molecule has 0 amide bonds. The summed E-state index contributed by atoms with van der Waals surface area (Å²) in [6, 6.07) is 25.3. The highest BCUT2D eigenvalue weighted by Crippen LogP contribution is 2.21. The molecule has 0 radical (unpaired) electrons. The third-order valence-corrected chi connectivity index (χ3v) is 3.73. The third-order valence-electron chi connectivity index (χ3n) is 3.73. The summed E-state index contributed by atoms with van der Waals surface area (Å²) in [5, 5.41) is 12.7. The highest BCUT2D eigenvalue weighted by atomic mass is 16.5. The number of hydrogen-bond donors (Lipinski definition) is 2. The highest BCUT2D eigenvalue weighted by molar-refractivity contribution is 5.33. The minimum atomic E-state index is 0.307. The van der Waals surface area contributed by atoms with Crippen molar-refractivity contribution in [1.29, 1.82) is 0 Å². The molecule has 3 aromatic rings. The molecule has 3 heteroatoms. The Bertz CT molecular complexity index is 754. The summed E-state index contributed by atoms with van der Waals surface area (Å²) in [4.78, 5) is 0. The second kappa shape index (κ2) is 8.18. The lowest BCUT2D eigenvalue weighted by molar-refractivity contribution is 0.475. The number of aromatic hydroxyl groups is 1. The molecular formula is C21H21NO2. The van der Waals surface area contributed by atoms with Crippen LogP contribution in [0.1, 0.15) is 11.1 Å². The molecule has 0 saturated heterocycles. The molecule has 0 aliphatic rings. The normalized spacial score (nSPS) is 10.5. The van der Waals surface area contributed by atoms with E-state index in [2.05, 4.69) is 17.4 Å². The van der Waals surface area contributed by atoms with Crippen LogP contribution >= 0.6 is 0 Å². The maximum absolute atomic E-state index is 9.28. The Morgan fingerprint density at radius 3 is 2.29 bits per heavy atom. The van der Waals surface area contributed by atoms with E-state index < -0.39 is 0 Å². The van der Waals surface area contributed by atoms with E-state index in [1.54, 1.807) is 12.1 Å². The Morgan fingerprint density at radius 2 is 1.50 bits per heavy atom. The average molecular weight is 319 g/mol. The van der Waals surface area contributed by atoms with E-state index in [4.69, 9.17) is 4.74 Å². The molecule has 3 nitrogen and oxygen atoms in total. The predicted molar refractivity (Wildman–Crippen MR) is 96.5 cm³/mol. The number of benzene rings is 3. The zero-order chi connectivity index (χ0) is 16.6. The number of hydrogen-bond acceptors (Lipinski definition) is 3. The van der Waals surface area contributed by atoms with Crippen LogP contribution in [0.25, 0.3) is 0 Å². The second-order valence-electron chi connectivity index (χ2n) is 5.66. The van der Waals surface area contributed by atoms with Crippen LogP contribution in [0.3, 0.4) is 0 Å².